The summed E-state index contributed by atoms with van der Waals surface area (Å²) in [6.45, 7) is 2.60. The first-order chi connectivity index (χ1) is 12.3. The molecule has 1 saturated heterocycles. The van der Waals surface area contributed by atoms with Crippen molar-refractivity contribution in [2.75, 3.05) is 18.4 Å². The number of hydrogen-bond acceptors (Lipinski definition) is 5. The number of nitrogens with zero attached hydrogens (tertiary/aromatic N) is 2. The Balaban J connectivity index is 1.62. The van der Waals surface area contributed by atoms with Crippen LogP contribution in [0.4, 0.5) is 11.4 Å². The summed E-state index contributed by atoms with van der Waals surface area (Å²) < 4.78 is 0. The van der Waals surface area contributed by atoms with Crippen molar-refractivity contribution >= 4 is 17.2 Å². The van der Waals surface area contributed by atoms with Crippen molar-refractivity contribution in [3.8, 4) is 6.07 Å². The minimum absolute atomic E-state index is 0.146. The number of rotatable bonds is 2. The zero-order valence-corrected chi connectivity index (χ0v) is 14.0. The molecule has 1 fully saturated rings. The molecule has 3 N–H and O–H groups in total. The third-order valence-corrected chi connectivity index (χ3v) is 4.94. The molecule has 25 heavy (non-hydrogen) atoms. The first-order valence-corrected chi connectivity index (χ1v) is 8.69. The van der Waals surface area contributed by atoms with E-state index in [0.717, 1.165) is 48.7 Å². The van der Waals surface area contributed by atoms with E-state index < -0.39 is 0 Å². The van der Waals surface area contributed by atoms with Gasteiger partial charge in [0.25, 0.3) is 0 Å². The van der Waals surface area contributed by atoms with Crippen LogP contribution in [0.2, 0.25) is 0 Å². The predicted molar refractivity (Wildman–Crippen MR) is 100.0 cm³/mol. The molecule has 0 radical (unpaired) electrons. The molecule has 2 aliphatic heterocycles. The minimum atomic E-state index is -0.146. The molecule has 0 unspecified atom stereocenters. The van der Waals surface area contributed by atoms with E-state index in [1.807, 2.05) is 42.5 Å². The maximum Gasteiger partial charge on any atom is 0.128 e. The van der Waals surface area contributed by atoms with E-state index in [4.69, 9.17) is 10.3 Å². The van der Waals surface area contributed by atoms with Crippen molar-refractivity contribution in [1.82, 2.24) is 10.6 Å². The molecule has 0 saturated carbocycles. The van der Waals surface area contributed by atoms with E-state index in [0.29, 0.717) is 12.1 Å². The molecule has 2 aromatic rings. The fraction of sp³-hybridized carbons (Fsp3) is 0.300. The van der Waals surface area contributed by atoms with Crippen LogP contribution in [0.3, 0.4) is 0 Å². The number of para-hydroxylation sites is 2. The van der Waals surface area contributed by atoms with E-state index in [-0.39, 0.29) is 5.54 Å². The molecule has 2 heterocycles. The summed E-state index contributed by atoms with van der Waals surface area (Å²) in [5.41, 5.74) is 3.70. The lowest BCUT2D eigenvalue weighted by Crippen LogP contribution is -2.58. The zero-order chi connectivity index (χ0) is 17.1. The molecule has 0 aliphatic carbocycles. The van der Waals surface area contributed by atoms with Crippen molar-refractivity contribution in [2.24, 2.45) is 4.99 Å². The van der Waals surface area contributed by atoms with Gasteiger partial charge in [0.1, 0.15) is 5.84 Å². The summed E-state index contributed by atoms with van der Waals surface area (Å²) in [7, 11) is 0. The Morgan fingerprint density at radius 3 is 2.80 bits per heavy atom. The second kappa shape index (κ2) is 6.58. The monoisotopic (exact) mass is 331 g/mol. The van der Waals surface area contributed by atoms with Gasteiger partial charge in [-0.3, -0.25) is 0 Å². The third-order valence-electron chi connectivity index (χ3n) is 4.94. The molecule has 0 bridgehead atoms. The molecule has 126 valence electrons. The number of benzene rings is 2. The normalized spacial score (nSPS) is 17.8. The Labute approximate surface area is 147 Å². The van der Waals surface area contributed by atoms with E-state index in [9.17, 15) is 0 Å². The van der Waals surface area contributed by atoms with E-state index in [1.165, 1.54) is 0 Å². The highest BCUT2D eigenvalue weighted by Gasteiger charge is 2.40. The third kappa shape index (κ3) is 3.09. The summed E-state index contributed by atoms with van der Waals surface area (Å²) in [4.78, 5) is 4.93. The molecule has 4 rings (SSSR count). The highest BCUT2D eigenvalue weighted by atomic mass is 15.2. The van der Waals surface area contributed by atoms with Crippen LogP contribution in [-0.2, 0) is 6.54 Å². The standard InChI is InChI=1S/C20H21N5/c21-13-15-4-3-5-16(12-15)14-23-19-20(8-10-22-11-9-20)25-18-7-2-1-6-17(18)24-19/h1-7,12,22,25H,8-11,14H2,(H,23,24). The highest BCUT2D eigenvalue weighted by molar-refractivity contribution is 6.00. The van der Waals surface area contributed by atoms with Gasteiger partial charge in [0.05, 0.1) is 28.5 Å². The van der Waals surface area contributed by atoms with Crippen LogP contribution in [-0.4, -0.2) is 24.5 Å². The number of nitriles is 1. The number of hydrogen-bond donors (Lipinski definition) is 3. The van der Waals surface area contributed by atoms with Crippen molar-refractivity contribution in [2.45, 2.75) is 24.9 Å². The van der Waals surface area contributed by atoms with Gasteiger partial charge in [-0.05, 0) is 55.8 Å². The van der Waals surface area contributed by atoms with E-state index in [2.05, 4.69) is 28.1 Å². The second-order valence-corrected chi connectivity index (χ2v) is 6.60. The largest absolute Gasteiger partial charge is 0.371 e. The number of amidine groups is 1. The van der Waals surface area contributed by atoms with Gasteiger partial charge in [-0.25, -0.2) is 4.99 Å². The average Bonchev–Trinajstić information content (AvgIpc) is 2.67. The van der Waals surface area contributed by atoms with Gasteiger partial charge in [-0.2, -0.15) is 5.26 Å². The zero-order valence-electron chi connectivity index (χ0n) is 14.0. The Morgan fingerprint density at radius 2 is 1.96 bits per heavy atom. The lowest BCUT2D eigenvalue weighted by atomic mass is 9.85. The van der Waals surface area contributed by atoms with E-state index in [1.54, 1.807) is 0 Å². The van der Waals surface area contributed by atoms with Gasteiger partial charge in [0.2, 0.25) is 0 Å². The van der Waals surface area contributed by atoms with Gasteiger partial charge in [-0.15, -0.1) is 0 Å². The molecule has 0 aromatic heterocycles. The van der Waals surface area contributed by atoms with Crippen molar-refractivity contribution < 1.29 is 0 Å². The quantitative estimate of drug-likeness (QED) is 0.791. The number of aliphatic imine (C=N–C) groups is 1. The van der Waals surface area contributed by atoms with Gasteiger partial charge < -0.3 is 16.0 Å². The summed E-state index contributed by atoms with van der Waals surface area (Å²) in [5.74, 6) is 0.995. The van der Waals surface area contributed by atoms with Crippen LogP contribution in [0, 0.1) is 11.3 Å². The Kier molecular flexibility index (Phi) is 4.12. The topological polar surface area (TPSA) is 72.2 Å². The Bertz CT molecular complexity index is 843. The summed E-state index contributed by atoms with van der Waals surface area (Å²) >= 11 is 0. The van der Waals surface area contributed by atoms with Crippen LogP contribution >= 0.6 is 0 Å². The maximum absolute atomic E-state index is 9.08. The van der Waals surface area contributed by atoms with Crippen LogP contribution < -0.4 is 16.0 Å². The van der Waals surface area contributed by atoms with Crippen molar-refractivity contribution in [3.05, 3.63) is 59.7 Å². The highest BCUT2D eigenvalue weighted by Crippen LogP contribution is 2.36. The van der Waals surface area contributed by atoms with E-state index >= 15 is 0 Å². The number of piperidine rings is 1. The van der Waals surface area contributed by atoms with Gasteiger partial charge >= 0.3 is 0 Å². The lowest BCUT2D eigenvalue weighted by molar-refractivity contribution is 0.412. The van der Waals surface area contributed by atoms with Crippen LogP contribution in [0.1, 0.15) is 24.0 Å². The summed E-state index contributed by atoms with van der Waals surface area (Å²) in [6.07, 6.45) is 1.98. The SMILES string of the molecule is N#Cc1cccc(CNC2=Nc3ccccc3NC23CCNCC3)c1. The first-order valence-electron chi connectivity index (χ1n) is 8.69. The maximum atomic E-state index is 9.08. The first kappa shape index (κ1) is 15.7. The molecule has 2 aliphatic rings. The molecular formula is C20H21N5. The molecule has 5 heteroatoms. The number of nitrogens with one attached hydrogen (secondary N) is 3. The lowest BCUT2D eigenvalue weighted by Gasteiger charge is -2.43. The van der Waals surface area contributed by atoms with Crippen LogP contribution in [0.25, 0.3) is 0 Å². The summed E-state index contributed by atoms with van der Waals surface area (Å²) in [6, 6.07) is 18.1. The number of anilines is 1. The molecule has 0 atom stereocenters. The van der Waals surface area contributed by atoms with Crippen LogP contribution in [0.5, 0.6) is 0 Å². The smallest absolute Gasteiger partial charge is 0.128 e. The average molecular weight is 331 g/mol. The Hall–Kier alpha value is -2.84. The van der Waals surface area contributed by atoms with Gasteiger partial charge in [0.15, 0.2) is 0 Å². The second-order valence-electron chi connectivity index (χ2n) is 6.60. The van der Waals surface area contributed by atoms with Crippen LogP contribution in [0.15, 0.2) is 53.5 Å². The Morgan fingerprint density at radius 1 is 1.12 bits per heavy atom. The fourth-order valence-corrected chi connectivity index (χ4v) is 3.58. The van der Waals surface area contributed by atoms with Gasteiger partial charge in [0, 0.05) is 6.54 Å². The van der Waals surface area contributed by atoms with Crippen molar-refractivity contribution in [1.29, 1.82) is 5.26 Å². The molecular weight excluding hydrogens is 310 g/mol. The molecule has 0 amide bonds. The fourth-order valence-electron chi connectivity index (χ4n) is 3.58. The molecule has 2 aromatic carbocycles. The number of fused-ring (bicyclic) bond motifs is 1. The molecule has 1 spiro atoms. The van der Waals surface area contributed by atoms with Gasteiger partial charge in [-0.1, -0.05) is 24.3 Å². The minimum Gasteiger partial charge on any atom is -0.371 e. The summed E-state index contributed by atoms with van der Waals surface area (Å²) in [5, 5.41) is 19.8. The van der Waals surface area contributed by atoms with Crippen molar-refractivity contribution in [3.63, 3.8) is 0 Å². The predicted octanol–water partition coefficient (Wildman–Crippen LogP) is 2.93. The molecule has 5 nitrogen and oxygen atoms in total.